The molecule has 0 spiro atoms. The molecule has 0 amide bonds. The van der Waals surface area contributed by atoms with Crippen molar-refractivity contribution in [2.45, 2.75) is 0 Å². The third kappa shape index (κ3) is 1.93. The lowest BCUT2D eigenvalue weighted by Gasteiger charge is -2.05. The van der Waals surface area contributed by atoms with Gasteiger partial charge in [0.15, 0.2) is 0 Å². The smallest absolute Gasteiger partial charge is 0.228 e. The summed E-state index contributed by atoms with van der Waals surface area (Å²) < 4.78 is 15.5. The van der Waals surface area contributed by atoms with E-state index in [0.29, 0.717) is 17.4 Å². The predicted octanol–water partition coefficient (Wildman–Crippen LogP) is 1.94. The van der Waals surface area contributed by atoms with E-state index in [2.05, 4.69) is 4.98 Å². The molecule has 2 rings (SSSR count). The minimum Gasteiger partial charge on any atom is -0.497 e. The molecule has 16 heavy (non-hydrogen) atoms. The number of nitrogens with zero attached hydrogens (tertiary/aromatic N) is 1. The normalized spacial score (nSPS) is 10.1. The molecule has 5 heteroatoms. The first-order chi connectivity index (χ1) is 7.72. The van der Waals surface area contributed by atoms with Crippen molar-refractivity contribution in [1.29, 1.82) is 0 Å². The number of ether oxygens (including phenoxy) is 2. The summed E-state index contributed by atoms with van der Waals surface area (Å²) in [5.74, 6) is 2.06. The highest BCUT2D eigenvalue weighted by atomic mass is 16.5. The largest absolute Gasteiger partial charge is 0.497 e. The van der Waals surface area contributed by atoms with Crippen LogP contribution >= 0.6 is 0 Å². The molecule has 0 unspecified atom stereocenters. The average molecular weight is 220 g/mol. The molecule has 2 N–H and O–H groups in total. The maximum absolute atomic E-state index is 5.47. The first-order valence-corrected chi connectivity index (χ1v) is 4.67. The fourth-order valence-electron chi connectivity index (χ4n) is 1.35. The Labute approximate surface area is 92.8 Å². The second-order valence-corrected chi connectivity index (χ2v) is 3.17. The molecule has 0 saturated carbocycles. The number of nitrogen functional groups attached to an aromatic ring is 1. The molecule has 0 aliphatic carbocycles. The van der Waals surface area contributed by atoms with Crippen LogP contribution in [-0.4, -0.2) is 19.2 Å². The minimum absolute atomic E-state index is 0.275. The molecule has 0 atom stereocenters. The van der Waals surface area contributed by atoms with Gasteiger partial charge in [-0.25, -0.2) is 4.98 Å². The van der Waals surface area contributed by atoms with E-state index in [4.69, 9.17) is 19.6 Å². The summed E-state index contributed by atoms with van der Waals surface area (Å²) in [5.41, 5.74) is 6.22. The Morgan fingerprint density at radius 1 is 1.12 bits per heavy atom. The number of hydrogen-bond donors (Lipinski definition) is 1. The molecule has 1 aromatic carbocycles. The maximum Gasteiger partial charge on any atom is 0.228 e. The van der Waals surface area contributed by atoms with Crippen molar-refractivity contribution in [3.63, 3.8) is 0 Å². The van der Waals surface area contributed by atoms with E-state index in [1.165, 1.54) is 6.20 Å². The second-order valence-electron chi connectivity index (χ2n) is 3.17. The van der Waals surface area contributed by atoms with Crippen LogP contribution in [0.1, 0.15) is 0 Å². The summed E-state index contributed by atoms with van der Waals surface area (Å²) >= 11 is 0. The van der Waals surface area contributed by atoms with Crippen LogP contribution < -0.4 is 15.2 Å². The van der Waals surface area contributed by atoms with Gasteiger partial charge in [-0.3, -0.25) is 0 Å². The number of oxazole rings is 1. The Hall–Kier alpha value is -2.17. The molecular formula is C11H12N2O3. The van der Waals surface area contributed by atoms with Crippen LogP contribution in [0.4, 0.5) is 5.88 Å². The van der Waals surface area contributed by atoms with Gasteiger partial charge in [-0.2, -0.15) is 0 Å². The van der Waals surface area contributed by atoms with Crippen LogP contribution in [-0.2, 0) is 0 Å². The zero-order valence-electron chi connectivity index (χ0n) is 9.06. The monoisotopic (exact) mass is 220 g/mol. The third-order valence-electron chi connectivity index (χ3n) is 2.12. The third-order valence-corrected chi connectivity index (χ3v) is 2.12. The van der Waals surface area contributed by atoms with Crippen molar-refractivity contribution in [2.75, 3.05) is 20.0 Å². The van der Waals surface area contributed by atoms with Gasteiger partial charge in [0.1, 0.15) is 11.5 Å². The van der Waals surface area contributed by atoms with Gasteiger partial charge < -0.3 is 19.6 Å². The topological polar surface area (TPSA) is 70.5 Å². The van der Waals surface area contributed by atoms with Gasteiger partial charge in [-0.15, -0.1) is 0 Å². The van der Waals surface area contributed by atoms with E-state index < -0.39 is 0 Å². The van der Waals surface area contributed by atoms with Gasteiger partial charge in [0, 0.05) is 11.6 Å². The maximum atomic E-state index is 5.47. The van der Waals surface area contributed by atoms with Crippen LogP contribution in [0.5, 0.6) is 11.5 Å². The standard InChI is InChI=1S/C11H12N2O3/c1-14-8-3-7(4-9(5-8)15-2)11-13-6-10(12)16-11/h3-6H,12H2,1-2H3. The SMILES string of the molecule is COc1cc(OC)cc(-c2ncc(N)o2)c1. The Kier molecular flexibility index (Phi) is 2.68. The van der Waals surface area contributed by atoms with Crippen LogP contribution in [0.2, 0.25) is 0 Å². The first kappa shape index (κ1) is 10.4. The van der Waals surface area contributed by atoms with Gasteiger partial charge >= 0.3 is 0 Å². The molecule has 2 aromatic rings. The highest BCUT2D eigenvalue weighted by Gasteiger charge is 2.08. The van der Waals surface area contributed by atoms with Crippen molar-refractivity contribution in [3.05, 3.63) is 24.4 Å². The molecule has 1 aromatic heterocycles. The molecule has 0 bridgehead atoms. The van der Waals surface area contributed by atoms with Gasteiger partial charge in [0.05, 0.1) is 20.4 Å². The minimum atomic E-state index is 0.275. The molecule has 5 nitrogen and oxygen atoms in total. The van der Waals surface area contributed by atoms with Crippen molar-refractivity contribution >= 4 is 5.88 Å². The molecule has 84 valence electrons. The molecule has 1 heterocycles. The van der Waals surface area contributed by atoms with Gasteiger partial charge in [-0.05, 0) is 12.1 Å². The molecule has 0 radical (unpaired) electrons. The molecule has 0 aliphatic heterocycles. The zero-order valence-corrected chi connectivity index (χ0v) is 9.06. The van der Waals surface area contributed by atoms with E-state index in [1.807, 2.05) is 0 Å². The lowest BCUT2D eigenvalue weighted by molar-refractivity contribution is 0.394. The van der Waals surface area contributed by atoms with Crippen LogP contribution in [0, 0.1) is 0 Å². The van der Waals surface area contributed by atoms with Crippen LogP contribution in [0.15, 0.2) is 28.8 Å². The summed E-state index contributed by atoms with van der Waals surface area (Å²) in [6, 6.07) is 5.37. The number of aromatic nitrogens is 1. The van der Waals surface area contributed by atoms with Crippen LogP contribution in [0.25, 0.3) is 11.5 Å². The quantitative estimate of drug-likeness (QED) is 0.855. The highest BCUT2D eigenvalue weighted by Crippen LogP contribution is 2.29. The average Bonchev–Trinajstić information content (AvgIpc) is 2.75. The zero-order chi connectivity index (χ0) is 11.5. The van der Waals surface area contributed by atoms with Gasteiger partial charge in [0.25, 0.3) is 0 Å². The predicted molar refractivity (Wildman–Crippen MR) is 59.5 cm³/mol. The number of hydrogen-bond acceptors (Lipinski definition) is 5. The summed E-state index contributed by atoms with van der Waals surface area (Å²) in [4.78, 5) is 4.03. The molecule has 0 saturated heterocycles. The van der Waals surface area contributed by atoms with Gasteiger partial charge in [0.2, 0.25) is 11.8 Å². The van der Waals surface area contributed by atoms with Crippen molar-refractivity contribution < 1.29 is 13.9 Å². The fraction of sp³-hybridized carbons (Fsp3) is 0.182. The lowest BCUT2D eigenvalue weighted by Crippen LogP contribution is -1.88. The van der Waals surface area contributed by atoms with E-state index in [9.17, 15) is 0 Å². The Balaban J connectivity index is 2.47. The van der Waals surface area contributed by atoms with E-state index in [1.54, 1.807) is 32.4 Å². The number of benzene rings is 1. The number of methoxy groups -OCH3 is 2. The summed E-state index contributed by atoms with van der Waals surface area (Å²) in [6.45, 7) is 0. The lowest BCUT2D eigenvalue weighted by atomic mass is 10.2. The summed E-state index contributed by atoms with van der Waals surface area (Å²) in [6.07, 6.45) is 1.46. The van der Waals surface area contributed by atoms with Crippen LogP contribution in [0.3, 0.4) is 0 Å². The van der Waals surface area contributed by atoms with E-state index >= 15 is 0 Å². The highest BCUT2D eigenvalue weighted by molar-refractivity contribution is 5.60. The summed E-state index contributed by atoms with van der Waals surface area (Å²) in [5, 5.41) is 0. The van der Waals surface area contributed by atoms with E-state index in [-0.39, 0.29) is 5.88 Å². The Bertz CT molecular complexity index is 471. The number of nitrogens with two attached hydrogens (primary N) is 1. The second kappa shape index (κ2) is 4.14. The van der Waals surface area contributed by atoms with Crippen molar-refractivity contribution in [3.8, 4) is 23.0 Å². The number of rotatable bonds is 3. The molecular weight excluding hydrogens is 208 g/mol. The molecule has 0 fully saturated rings. The Morgan fingerprint density at radius 3 is 2.19 bits per heavy atom. The van der Waals surface area contributed by atoms with E-state index in [0.717, 1.165) is 5.56 Å². The Morgan fingerprint density at radius 2 is 1.75 bits per heavy atom. The molecule has 0 aliphatic rings. The van der Waals surface area contributed by atoms with Gasteiger partial charge in [-0.1, -0.05) is 0 Å². The van der Waals surface area contributed by atoms with Crippen molar-refractivity contribution in [1.82, 2.24) is 4.98 Å². The fourth-order valence-corrected chi connectivity index (χ4v) is 1.35. The first-order valence-electron chi connectivity index (χ1n) is 4.67. The summed E-state index contributed by atoms with van der Waals surface area (Å²) in [7, 11) is 3.17. The van der Waals surface area contributed by atoms with Crippen molar-refractivity contribution in [2.24, 2.45) is 0 Å². The number of anilines is 1.